The van der Waals surface area contributed by atoms with Crippen LogP contribution in [0.3, 0.4) is 0 Å². The number of halogens is 3. The quantitative estimate of drug-likeness (QED) is 0.875. The summed E-state index contributed by atoms with van der Waals surface area (Å²) in [5, 5.41) is 12.0. The second kappa shape index (κ2) is 6.60. The summed E-state index contributed by atoms with van der Waals surface area (Å²) < 4.78 is 51.9. The van der Waals surface area contributed by atoms with E-state index < -0.39 is 32.9 Å². The Morgan fingerprint density at radius 3 is 2.48 bits per heavy atom. The zero-order chi connectivity index (χ0) is 17.4. The standard InChI is InChI=1S/C12H16ClF2N3O4S/c1-17-10(13)9(8(16-17)11(14)15)23(21,22)6-7-2-4-18(5-3-7)12(19)20/h7,11H,2-6H2,1H3,(H,19,20). The summed E-state index contributed by atoms with van der Waals surface area (Å²) in [4.78, 5) is 11.4. The first-order chi connectivity index (χ1) is 10.6. The molecule has 11 heteroatoms. The van der Waals surface area contributed by atoms with Gasteiger partial charge in [0.2, 0.25) is 0 Å². The molecular weight excluding hydrogens is 356 g/mol. The minimum Gasteiger partial charge on any atom is -0.465 e. The first-order valence-corrected chi connectivity index (χ1v) is 8.87. The van der Waals surface area contributed by atoms with Crippen molar-refractivity contribution in [1.82, 2.24) is 14.7 Å². The fraction of sp³-hybridized carbons (Fsp3) is 0.667. The molecule has 1 aliphatic heterocycles. The number of amides is 1. The normalized spacial score (nSPS) is 17.0. The van der Waals surface area contributed by atoms with Gasteiger partial charge in [-0.1, -0.05) is 11.6 Å². The molecule has 1 aromatic heterocycles. The topological polar surface area (TPSA) is 92.5 Å². The van der Waals surface area contributed by atoms with Crippen LogP contribution in [0.2, 0.25) is 5.15 Å². The van der Waals surface area contributed by atoms with Crippen LogP contribution in [0.25, 0.3) is 0 Å². The van der Waals surface area contributed by atoms with E-state index in [2.05, 4.69) is 5.10 Å². The van der Waals surface area contributed by atoms with Gasteiger partial charge in [0.1, 0.15) is 15.7 Å². The highest BCUT2D eigenvalue weighted by atomic mass is 35.5. The number of aromatic nitrogens is 2. The Morgan fingerprint density at radius 2 is 2.00 bits per heavy atom. The van der Waals surface area contributed by atoms with Crippen molar-refractivity contribution < 1.29 is 27.1 Å². The van der Waals surface area contributed by atoms with Crippen molar-refractivity contribution in [2.75, 3.05) is 18.8 Å². The summed E-state index contributed by atoms with van der Waals surface area (Å²) in [6.07, 6.45) is -3.39. The molecule has 1 aliphatic rings. The van der Waals surface area contributed by atoms with E-state index in [9.17, 15) is 22.0 Å². The summed E-state index contributed by atoms with van der Waals surface area (Å²) in [5.74, 6) is -0.664. The molecule has 0 spiro atoms. The molecule has 0 radical (unpaired) electrons. The summed E-state index contributed by atoms with van der Waals surface area (Å²) in [6, 6.07) is 0. The average Bonchev–Trinajstić information content (AvgIpc) is 2.76. The molecule has 0 bridgehead atoms. The number of rotatable bonds is 4. The summed E-state index contributed by atoms with van der Waals surface area (Å²) in [5.41, 5.74) is -0.847. The van der Waals surface area contributed by atoms with Gasteiger partial charge in [-0.3, -0.25) is 4.68 Å². The number of carboxylic acid groups (broad SMARTS) is 1. The van der Waals surface area contributed by atoms with E-state index in [4.69, 9.17) is 16.7 Å². The Morgan fingerprint density at radius 1 is 1.43 bits per heavy atom. The van der Waals surface area contributed by atoms with Crippen LogP contribution in [0, 0.1) is 5.92 Å². The lowest BCUT2D eigenvalue weighted by molar-refractivity contribution is 0.127. The number of likely N-dealkylation sites (tertiary alicyclic amines) is 1. The molecule has 1 aromatic rings. The third-order valence-corrected chi connectivity index (χ3v) is 6.30. The lowest BCUT2D eigenvalue weighted by Crippen LogP contribution is -2.39. The highest BCUT2D eigenvalue weighted by molar-refractivity contribution is 7.91. The maximum absolute atomic E-state index is 13.0. The zero-order valence-corrected chi connectivity index (χ0v) is 13.8. The van der Waals surface area contributed by atoms with E-state index in [0.29, 0.717) is 12.8 Å². The van der Waals surface area contributed by atoms with Crippen molar-refractivity contribution in [3.63, 3.8) is 0 Å². The van der Waals surface area contributed by atoms with Crippen LogP contribution in [0.1, 0.15) is 25.0 Å². The zero-order valence-electron chi connectivity index (χ0n) is 12.2. The number of hydrogen-bond acceptors (Lipinski definition) is 4. The predicted molar refractivity (Wildman–Crippen MR) is 77.5 cm³/mol. The second-order valence-corrected chi connectivity index (χ2v) is 7.75. The van der Waals surface area contributed by atoms with E-state index in [1.165, 1.54) is 11.9 Å². The Labute approximate surface area is 136 Å². The van der Waals surface area contributed by atoms with Crippen molar-refractivity contribution in [2.24, 2.45) is 13.0 Å². The van der Waals surface area contributed by atoms with E-state index in [1.807, 2.05) is 0 Å². The van der Waals surface area contributed by atoms with Crippen LogP contribution in [0.5, 0.6) is 0 Å². The molecule has 0 unspecified atom stereocenters. The summed E-state index contributed by atoms with van der Waals surface area (Å²) >= 11 is 5.83. The van der Waals surface area contributed by atoms with Crippen molar-refractivity contribution in [1.29, 1.82) is 0 Å². The highest BCUT2D eigenvalue weighted by Crippen LogP contribution is 2.33. The molecule has 1 amide bonds. The molecule has 0 aliphatic carbocycles. The van der Waals surface area contributed by atoms with Gasteiger partial charge in [-0.2, -0.15) is 5.10 Å². The minimum atomic E-state index is -4.04. The van der Waals surface area contributed by atoms with Crippen LogP contribution in [0.15, 0.2) is 4.90 Å². The van der Waals surface area contributed by atoms with Gasteiger partial charge >= 0.3 is 6.09 Å². The van der Waals surface area contributed by atoms with Crippen LogP contribution in [0.4, 0.5) is 13.6 Å². The van der Waals surface area contributed by atoms with Crippen molar-refractivity contribution >= 4 is 27.5 Å². The van der Waals surface area contributed by atoms with Crippen molar-refractivity contribution in [3.05, 3.63) is 10.8 Å². The lowest BCUT2D eigenvalue weighted by atomic mass is 9.99. The van der Waals surface area contributed by atoms with Crippen molar-refractivity contribution in [3.8, 4) is 0 Å². The third-order valence-electron chi connectivity index (χ3n) is 3.82. The average molecular weight is 372 g/mol. The number of sulfone groups is 1. The molecule has 1 N–H and O–H groups in total. The number of carbonyl (C=O) groups is 1. The highest BCUT2D eigenvalue weighted by Gasteiger charge is 2.34. The van der Waals surface area contributed by atoms with Gasteiger partial charge in [-0.15, -0.1) is 0 Å². The summed E-state index contributed by atoms with van der Waals surface area (Å²) in [6.45, 7) is 0.440. The number of aryl methyl sites for hydroxylation is 1. The van der Waals surface area contributed by atoms with Crippen LogP contribution in [-0.2, 0) is 16.9 Å². The van der Waals surface area contributed by atoms with E-state index in [0.717, 1.165) is 4.68 Å². The molecule has 1 fully saturated rings. The van der Waals surface area contributed by atoms with E-state index in [1.54, 1.807) is 0 Å². The molecule has 23 heavy (non-hydrogen) atoms. The Kier molecular flexibility index (Phi) is 5.14. The first kappa shape index (κ1) is 17.9. The minimum absolute atomic E-state index is 0.220. The van der Waals surface area contributed by atoms with Gasteiger partial charge in [0.15, 0.2) is 9.84 Å². The maximum atomic E-state index is 13.0. The smallest absolute Gasteiger partial charge is 0.407 e. The molecule has 1 saturated heterocycles. The van der Waals surface area contributed by atoms with Gasteiger partial charge in [0.05, 0.1) is 5.75 Å². The second-order valence-electron chi connectivity index (χ2n) is 5.42. The van der Waals surface area contributed by atoms with Gasteiger partial charge in [-0.05, 0) is 18.8 Å². The lowest BCUT2D eigenvalue weighted by Gasteiger charge is -2.29. The van der Waals surface area contributed by atoms with E-state index in [-0.39, 0.29) is 29.9 Å². The fourth-order valence-corrected chi connectivity index (χ4v) is 5.06. The van der Waals surface area contributed by atoms with E-state index >= 15 is 0 Å². The third kappa shape index (κ3) is 3.74. The molecule has 130 valence electrons. The Balaban J connectivity index is 2.19. The predicted octanol–water partition coefficient (Wildman–Crippen LogP) is 2.17. The number of alkyl halides is 2. The molecule has 0 atom stereocenters. The van der Waals surface area contributed by atoms with Crippen LogP contribution < -0.4 is 0 Å². The Hall–Kier alpha value is -1.42. The molecule has 2 heterocycles. The summed E-state index contributed by atoms with van der Waals surface area (Å²) in [7, 11) is -2.75. The molecular formula is C12H16ClF2N3O4S. The fourth-order valence-electron chi connectivity index (χ4n) is 2.62. The van der Waals surface area contributed by atoms with Gasteiger partial charge in [-0.25, -0.2) is 22.0 Å². The molecule has 0 saturated carbocycles. The number of piperidine rings is 1. The number of hydrogen-bond donors (Lipinski definition) is 1. The maximum Gasteiger partial charge on any atom is 0.407 e. The molecule has 0 aromatic carbocycles. The van der Waals surface area contributed by atoms with Gasteiger partial charge in [0.25, 0.3) is 6.43 Å². The van der Waals surface area contributed by atoms with Crippen molar-refractivity contribution in [2.45, 2.75) is 24.2 Å². The largest absolute Gasteiger partial charge is 0.465 e. The van der Waals surface area contributed by atoms with Crippen LogP contribution >= 0.6 is 11.6 Å². The van der Waals surface area contributed by atoms with Crippen LogP contribution in [-0.4, -0.2) is 53.1 Å². The van der Waals surface area contributed by atoms with Gasteiger partial charge in [0, 0.05) is 20.1 Å². The number of nitrogens with zero attached hydrogens (tertiary/aromatic N) is 3. The van der Waals surface area contributed by atoms with Gasteiger partial charge < -0.3 is 10.0 Å². The monoisotopic (exact) mass is 371 g/mol. The SMILES string of the molecule is Cn1nc(C(F)F)c(S(=O)(=O)CC2CCN(C(=O)O)CC2)c1Cl. The molecule has 2 rings (SSSR count). The molecule has 7 nitrogen and oxygen atoms in total. The first-order valence-electron chi connectivity index (χ1n) is 6.84. The Bertz CT molecular complexity index is 699.